The van der Waals surface area contributed by atoms with Crippen LogP contribution in [0.25, 0.3) is 22.3 Å². The fourth-order valence-electron chi connectivity index (χ4n) is 6.11. The first-order chi connectivity index (χ1) is 21.3. The molecule has 45 heavy (non-hydrogen) atoms. The van der Waals surface area contributed by atoms with Gasteiger partial charge in [-0.05, 0) is 31.2 Å². The van der Waals surface area contributed by atoms with Gasteiger partial charge in [0.25, 0.3) is 5.56 Å². The number of halogens is 3. The molecule has 0 saturated carbocycles. The quantitative estimate of drug-likeness (QED) is 0.321. The molecule has 1 fully saturated rings. The molecule has 0 bridgehead atoms. The number of aliphatic hydroxyl groups is 1. The first-order valence-electron chi connectivity index (χ1n) is 14.4. The van der Waals surface area contributed by atoms with Crippen LogP contribution in [0.3, 0.4) is 0 Å². The molecular weight excluding hydrogens is 601 g/mol. The van der Waals surface area contributed by atoms with Crippen LogP contribution in [0.1, 0.15) is 35.6 Å². The van der Waals surface area contributed by atoms with E-state index in [2.05, 4.69) is 16.8 Å². The highest BCUT2D eigenvalue weighted by Gasteiger charge is 2.45. The average Bonchev–Trinajstić information content (AvgIpc) is 3.38. The van der Waals surface area contributed by atoms with E-state index in [4.69, 9.17) is 29.1 Å². The van der Waals surface area contributed by atoms with E-state index in [-0.39, 0.29) is 18.6 Å². The minimum absolute atomic E-state index is 0.109. The van der Waals surface area contributed by atoms with Gasteiger partial charge in [-0.1, -0.05) is 6.92 Å². The molecule has 2 N–H and O–H groups in total. The molecular formula is C30H31F3N4O8. The largest absolute Gasteiger partial charge is 0.490 e. The Bertz CT molecular complexity index is 1770. The molecule has 15 heteroatoms. The number of nitrogens with zero attached hydrogens (tertiary/aromatic N) is 4. The number of aromatic nitrogens is 2. The number of piperazine rings is 1. The molecule has 1 saturated heterocycles. The van der Waals surface area contributed by atoms with Crippen molar-refractivity contribution in [2.24, 2.45) is 0 Å². The molecule has 1 aromatic carbocycles. The van der Waals surface area contributed by atoms with Gasteiger partial charge < -0.3 is 33.9 Å². The number of carboxylic acid groups (broad SMARTS) is 1. The van der Waals surface area contributed by atoms with Crippen molar-refractivity contribution in [1.82, 2.24) is 19.4 Å². The lowest BCUT2D eigenvalue weighted by molar-refractivity contribution is -0.192. The highest BCUT2D eigenvalue weighted by molar-refractivity contribution is 5.91. The second kappa shape index (κ2) is 11.3. The number of likely N-dealkylation sites (N-methyl/N-ethyl adjacent to an activating group) is 1. The Balaban J connectivity index is 0.000000460. The average molecular weight is 633 g/mol. The second-order valence-corrected chi connectivity index (χ2v) is 11.4. The monoisotopic (exact) mass is 632 g/mol. The van der Waals surface area contributed by atoms with E-state index in [0.29, 0.717) is 53.8 Å². The maximum Gasteiger partial charge on any atom is 0.490 e. The fourth-order valence-corrected chi connectivity index (χ4v) is 6.11. The van der Waals surface area contributed by atoms with Gasteiger partial charge in [-0.2, -0.15) is 13.2 Å². The topological polar surface area (TPSA) is 144 Å². The van der Waals surface area contributed by atoms with Crippen molar-refractivity contribution in [3.63, 3.8) is 0 Å². The maximum absolute atomic E-state index is 13.7. The highest BCUT2D eigenvalue weighted by Crippen LogP contribution is 2.43. The zero-order chi connectivity index (χ0) is 32.3. The number of ether oxygens (including phenoxy) is 3. The molecule has 4 aliphatic rings. The number of alkyl halides is 3. The van der Waals surface area contributed by atoms with Gasteiger partial charge in [0.2, 0.25) is 0 Å². The summed E-state index contributed by atoms with van der Waals surface area (Å²) >= 11 is 0. The first-order valence-corrected chi connectivity index (χ1v) is 14.4. The summed E-state index contributed by atoms with van der Waals surface area (Å²) in [4.78, 5) is 44.9. The predicted molar refractivity (Wildman–Crippen MR) is 152 cm³/mol. The molecule has 0 spiro atoms. The normalized spacial score (nSPS) is 20.9. The molecule has 6 heterocycles. The van der Waals surface area contributed by atoms with Gasteiger partial charge >= 0.3 is 18.1 Å². The molecule has 7 rings (SSSR count). The highest BCUT2D eigenvalue weighted by atomic mass is 19.4. The summed E-state index contributed by atoms with van der Waals surface area (Å²) < 4.78 is 50.4. The van der Waals surface area contributed by atoms with Crippen LogP contribution in [0.15, 0.2) is 23.0 Å². The molecule has 2 aromatic heterocycles. The van der Waals surface area contributed by atoms with Crippen LogP contribution in [-0.4, -0.2) is 94.1 Å². The van der Waals surface area contributed by atoms with Crippen molar-refractivity contribution in [2.75, 3.05) is 46.4 Å². The van der Waals surface area contributed by atoms with Gasteiger partial charge in [-0.15, -0.1) is 0 Å². The Hall–Kier alpha value is -4.21. The van der Waals surface area contributed by atoms with Crippen LogP contribution in [0.5, 0.6) is 11.5 Å². The summed E-state index contributed by atoms with van der Waals surface area (Å²) in [5, 5.41) is 19.3. The van der Waals surface area contributed by atoms with Gasteiger partial charge in [0.05, 0.1) is 29.0 Å². The van der Waals surface area contributed by atoms with Crippen molar-refractivity contribution in [2.45, 2.75) is 44.8 Å². The maximum atomic E-state index is 13.7. The number of cyclic esters (lactones) is 1. The third-order valence-electron chi connectivity index (χ3n) is 8.69. The van der Waals surface area contributed by atoms with Crippen LogP contribution in [0, 0.1) is 0 Å². The Morgan fingerprint density at radius 1 is 1.02 bits per heavy atom. The van der Waals surface area contributed by atoms with E-state index in [1.807, 2.05) is 12.1 Å². The number of rotatable bonds is 3. The summed E-state index contributed by atoms with van der Waals surface area (Å²) in [6.07, 6.45) is -4.97. The molecule has 3 aromatic rings. The first kappa shape index (κ1) is 30.8. The lowest BCUT2D eigenvalue weighted by atomic mass is 9.86. The number of carbonyl (C=O) groups excluding carboxylic acids is 1. The summed E-state index contributed by atoms with van der Waals surface area (Å²) in [5.74, 6) is -2.11. The zero-order valence-electron chi connectivity index (χ0n) is 24.6. The number of hydrogen-bond acceptors (Lipinski definition) is 10. The summed E-state index contributed by atoms with van der Waals surface area (Å²) in [5.41, 5.74) is 2.73. The molecule has 12 nitrogen and oxygen atoms in total. The number of carboxylic acids is 1. The third-order valence-corrected chi connectivity index (χ3v) is 8.69. The van der Waals surface area contributed by atoms with Crippen molar-refractivity contribution < 1.29 is 47.2 Å². The van der Waals surface area contributed by atoms with Crippen LogP contribution in [0.4, 0.5) is 13.2 Å². The van der Waals surface area contributed by atoms with E-state index in [1.54, 1.807) is 17.6 Å². The number of aliphatic carboxylic acids is 1. The number of pyridine rings is 2. The zero-order valence-corrected chi connectivity index (χ0v) is 24.6. The smallest absolute Gasteiger partial charge is 0.486 e. The van der Waals surface area contributed by atoms with Crippen LogP contribution in [0.2, 0.25) is 0 Å². The molecule has 4 aliphatic heterocycles. The molecule has 0 radical (unpaired) electrons. The third kappa shape index (κ3) is 5.38. The van der Waals surface area contributed by atoms with E-state index in [1.165, 1.54) is 0 Å². The molecule has 0 amide bonds. The van der Waals surface area contributed by atoms with Crippen molar-refractivity contribution in [3.05, 3.63) is 50.8 Å². The number of hydrogen-bond donors (Lipinski definition) is 2. The van der Waals surface area contributed by atoms with Crippen molar-refractivity contribution in [1.29, 1.82) is 0 Å². The van der Waals surface area contributed by atoms with E-state index in [0.717, 1.165) is 54.8 Å². The minimum atomic E-state index is -5.08. The lowest BCUT2D eigenvalue weighted by Crippen LogP contribution is -2.44. The summed E-state index contributed by atoms with van der Waals surface area (Å²) in [6, 6.07) is 5.70. The number of carbonyl (C=O) groups is 2. The molecule has 0 aliphatic carbocycles. The summed E-state index contributed by atoms with van der Waals surface area (Å²) in [6.45, 7) is 7.52. The van der Waals surface area contributed by atoms with Gasteiger partial charge in [0.15, 0.2) is 17.1 Å². The number of esters is 1. The minimum Gasteiger partial charge on any atom is -0.486 e. The van der Waals surface area contributed by atoms with Crippen LogP contribution in [-0.2, 0) is 39.6 Å². The van der Waals surface area contributed by atoms with E-state index in [9.17, 15) is 27.9 Å². The number of benzene rings is 1. The van der Waals surface area contributed by atoms with Gasteiger partial charge in [-0.3, -0.25) is 9.69 Å². The molecule has 0 unspecified atom stereocenters. The summed E-state index contributed by atoms with van der Waals surface area (Å²) in [7, 11) is 2.14. The molecule has 1 atom stereocenters. The second-order valence-electron chi connectivity index (χ2n) is 11.4. The fraction of sp³-hybridized carbons (Fsp3) is 0.467. The van der Waals surface area contributed by atoms with E-state index >= 15 is 0 Å². The van der Waals surface area contributed by atoms with Crippen LogP contribution < -0.4 is 15.0 Å². The van der Waals surface area contributed by atoms with Crippen LogP contribution >= 0.6 is 0 Å². The standard InChI is InChI=1S/C28H30N4O6.C2HF3O2/c1-3-28(35)20-11-22-25-18(14-32(22)26(33)19(20)15-38-27(28)34)17(13-31-6-4-30(2)5-7-31)16-10-23-24(12-21(16)29-25)37-9-8-36-23;3-2(4,5)1(6)7/h10-12,35H,3-9,13-15H2,1-2H3;(H,6,7)/t28-;/m0./s1. The Morgan fingerprint density at radius 2 is 1.67 bits per heavy atom. The van der Waals surface area contributed by atoms with Crippen molar-refractivity contribution in [3.8, 4) is 22.9 Å². The Labute approximate surface area is 254 Å². The van der Waals surface area contributed by atoms with Gasteiger partial charge in [0, 0.05) is 55.3 Å². The van der Waals surface area contributed by atoms with Gasteiger partial charge in [-0.25, -0.2) is 14.6 Å². The lowest BCUT2D eigenvalue weighted by Gasteiger charge is -2.33. The van der Waals surface area contributed by atoms with E-state index < -0.39 is 23.7 Å². The number of fused-ring (bicyclic) bond motifs is 6. The Kier molecular flexibility index (Phi) is 7.73. The predicted octanol–water partition coefficient (Wildman–Crippen LogP) is 2.23. The van der Waals surface area contributed by atoms with Crippen molar-refractivity contribution >= 4 is 22.8 Å². The van der Waals surface area contributed by atoms with Gasteiger partial charge in [0.1, 0.15) is 19.8 Å². The Morgan fingerprint density at radius 3 is 2.29 bits per heavy atom. The SMILES string of the molecule is CC[C@@]1(O)C(=O)OCc2c1cc1n(c2=O)Cc2c-1nc1cc3c(cc1c2CN1CCN(C)CC1)OCCO3.O=C(O)C(F)(F)F. The molecule has 240 valence electrons.